The molecule has 122 valence electrons. The lowest BCUT2D eigenvalue weighted by molar-refractivity contribution is 0.0739. The normalized spacial score (nSPS) is 11.7. The number of carbonyl (C=O) groups is 1. The van der Waals surface area contributed by atoms with Crippen molar-refractivity contribution in [1.29, 1.82) is 0 Å². The van der Waals surface area contributed by atoms with Crippen LogP contribution in [0.1, 0.15) is 28.9 Å². The van der Waals surface area contributed by atoms with E-state index in [1.165, 1.54) is 19.2 Å². The van der Waals surface area contributed by atoms with Crippen LogP contribution in [0.5, 0.6) is 11.5 Å². The lowest BCUT2D eigenvalue weighted by Crippen LogP contribution is -2.30. The highest BCUT2D eigenvalue weighted by Gasteiger charge is 2.22. The van der Waals surface area contributed by atoms with Gasteiger partial charge in [0.05, 0.1) is 25.8 Å². The van der Waals surface area contributed by atoms with Gasteiger partial charge in [-0.2, -0.15) is 0 Å². The maximum atomic E-state index is 13.0. The van der Waals surface area contributed by atoms with E-state index in [9.17, 15) is 9.18 Å². The molecule has 1 atom stereocenters. The summed E-state index contributed by atoms with van der Waals surface area (Å²) in [4.78, 5) is 14.4. The Morgan fingerprint density at radius 1 is 1.09 bits per heavy atom. The number of ether oxygens (including phenoxy) is 2. The molecule has 4 nitrogen and oxygen atoms in total. The summed E-state index contributed by atoms with van der Waals surface area (Å²) in [7, 11) is 4.76. The maximum absolute atomic E-state index is 13.0. The number of halogens is 1. The topological polar surface area (TPSA) is 38.8 Å². The van der Waals surface area contributed by atoms with Crippen LogP contribution in [0, 0.1) is 5.82 Å². The molecule has 0 heterocycles. The molecule has 0 bridgehead atoms. The van der Waals surface area contributed by atoms with Crippen LogP contribution in [0.3, 0.4) is 0 Å². The van der Waals surface area contributed by atoms with Gasteiger partial charge in [-0.1, -0.05) is 12.1 Å². The Bertz CT molecular complexity index is 685. The molecule has 0 saturated carbocycles. The van der Waals surface area contributed by atoms with E-state index < -0.39 is 0 Å². The quantitative estimate of drug-likeness (QED) is 0.844. The van der Waals surface area contributed by atoms with Crippen LogP contribution in [0.2, 0.25) is 0 Å². The van der Waals surface area contributed by atoms with E-state index in [-0.39, 0.29) is 17.8 Å². The Morgan fingerprint density at radius 2 is 1.74 bits per heavy atom. The molecule has 0 aliphatic heterocycles. The first kappa shape index (κ1) is 16.8. The molecular formula is C18H20FNO3. The van der Waals surface area contributed by atoms with Crippen molar-refractivity contribution in [2.45, 2.75) is 13.0 Å². The Kier molecular flexibility index (Phi) is 5.21. The Labute approximate surface area is 135 Å². The van der Waals surface area contributed by atoms with E-state index in [4.69, 9.17) is 9.47 Å². The third-order valence-corrected chi connectivity index (χ3v) is 3.89. The minimum atomic E-state index is -0.301. The zero-order chi connectivity index (χ0) is 17.0. The summed E-state index contributed by atoms with van der Waals surface area (Å²) in [5.74, 6) is 0.563. The standard InChI is InChI=1S/C18H20FNO3/c1-12(13-5-7-14(19)8-6-13)20(2)18(21)16-11-15(22-3)9-10-17(16)23-4/h5-12H,1-4H3. The van der Waals surface area contributed by atoms with E-state index in [0.29, 0.717) is 17.1 Å². The van der Waals surface area contributed by atoms with Crippen molar-refractivity contribution >= 4 is 5.91 Å². The molecule has 0 spiro atoms. The average Bonchev–Trinajstić information content (AvgIpc) is 2.59. The summed E-state index contributed by atoms with van der Waals surface area (Å²) in [6.07, 6.45) is 0. The number of rotatable bonds is 5. The second kappa shape index (κ2) is 7.13. The number of benzene rings is 2. The molecule has 0 aliphatic rings. The predicted molar refractivity (Wildman–Crippen MR) is 86.5 cm³/mol. The second-order valence-corrected chi connectivity index (χ2v) is 5.21. The van der Waals surface area contributed by atoms with Gasteiger partial charge in [0.15, 0.2) is 0 Å². The fourth-order valence-electron chi connectivity index (χ4n) is 2.31. The van der Waals surface area contributed by atoms with E-state index in [1.807, 2.05) is 6.92 Å². The molecule has 1 amide bonds. The molecule has 23 heavy (non-hydrogen) atoms. The maximum Gasteiger partial charge on any atom is 0.258 e. The third kappa shape index (κ3) is 3.62. The molecule has 1 unspecified atom stereocenters. The SMILES string of the molecule is COc1ccc(OC)c(C(=O)N(C)C(C)c2ccc(F)cc2)c1. The first-order valence-corrected chi connectivity index (χ1v) is 7.22. The lowest BCUT2D eigenvalue weighted by atomic mass is 10.1. The summed E-state index contributed by atoms with van der Waals surface area (Å²) in [6, 6.07) is 11.0. The van der Waals surface area contributed by atoms with E-state index in [0.717, 1.165) is 5.56 Å². The molecule has 0 N–H and O–H groups in total. The van der Waals surface area contributed by atoms with Crippen LogP contribution < -0.4 is 9.47 Å². The summed E-state index contributed by atoms with van der Waals surface area (Å²) in [5.41, 5.74) is 1.27. The van der Waals surface area contributed by atoms with Crippen molar-refractivity contribution in [2.75, 3.05) is 21.3 Å². The zero-order valence-corrected chi connectivity index (χ0v) is 13.7. The van der Waals surface area contributed by atoms with E-state index >= 15 is 0 Å². The lowest BCUT2D eigenvalue weighted by Gasteiger charge is -2.26. The van der Waals surface area contributed by atoms with Gasteiger partial charge in [0.25, 0.3) is 5.91 Å². The summed E-state index contributed by atoms with van der Waals surface area (Å²) in [6.45, 7) is 1.89. The highest BCUT2D eigenvalue weighted by atomic mass is 19.1. The third-order valence-electron chi connectivity index (χ3n) is 3.89. The van der Waals surface area contributed by atoms with Gasteiger partial charge in [-0.05, 0) is 42.8 Å². The van der Waals surface area contributed by atoms with Crippen LogP contribution in [0.4, 0.5) is 4.39 Å². The van der Waals surface area contributed by atoms with Gasteiger partial charge in [0.2, 0.25) is 0 Å². The van der Waals surface area contributed by atoms with Gasteiger partial charge in [0, 0.05) is 7.05 Å². The minimum Gasteiger partial charge on any atom is -0.497 e. The number of hydrogen-bond donors (Lipinski definition) is 0. The zero-order valence-electron chi connectivity index (χ0n) is 13.7. The van der Waals surface area contributed by atoms with Gasteiger partial charge in [-0.3, -0.25) is 4.79 Å². The number of nitrogens with zero attached hydrogens (tertiary/aromatic N) is 1. The van der Waals surface area contributed by atoms with Gasteiger partial charge >= 0.3 is 0 Å². The van der Waals surface area contributed by atoms with Crippen LogP contribution in [-0.2, 0) is 0 Å². The number of methoxy groups -OCH3 is 2. The van der Waals surface area contributed by atoms with Crippen molar-refractivity contribution in [2.24, 2.45) is 0 Å². The van der Waals surface area contributed by atoms with Crippen LogP contribution in [0.15, 0.2) is 42.5 Å². The fourth-order valence-corrected chi connectivity index (χ4v) is 2.31. The monoisotopic (exact) mass is 317 g/mol. The first-order valence-electron chi connectivity index (χ1n) is 7.22. The molecule has 2 rings (SSSR count). The summed E-state index contributed by atoms with van der Waals surface area (Å²) in [5, 5.41) is 0. The van der Waals surface area contributed by atoms with Crippen molar-refractivity contribution in [3.8, 4) is 11.5 Å². The van der Waals surface area contributed by atoms with E-state index in [1.54, 1.807) is 49.4 Å². The second-order valence-electron chi connectivity index (χ2n) is 5.21. The molecule has 0 radical (unpaired) electrons. The molecule has 0 fully saturated rings. The molecule has 0 aliphatic carbocycles. The largest absolute Gasteiger partial charge is 0.497 e. The van der Waals surface area contributed by atoms with Crippen LogP contribution >= 0.6 is 0 Å². The number of carbonyl (C=O) groups excluding carboxylic acids is 1. The van der Waals surface area contributed by atoms with Crippen molar-refractivity contribution in [3.63, 3.8) is 0 Å². The number of amides is 1. The molecule has 5 heteroatoms. The molecule has 0 aromatic heterocycles. The first-order chi connectivity index (χ1) is 11.0. The average molecular weight is 317 g/mol. The molecule has 2 aromatic carbocycles. The molecule has 2 aromatic rings. The van der Waals surface area contributed by atoms with Crippen molar-refractivity contribution in [1.82, 2.24) is 4.90 Å². The fraction of sp³-hybridized carbons (Fsp3) is 0.278. The van der Waals surface area contributed by atoms with Gasteiger partial charge < -0.3 is 14.4 Å². The van der Waals surface area contributed by atoms with E-state index in [2.05, 4.69) is 0 Å². The summed E-state index contributed by atoms with van der Waals surface area (Å²) < 4.78 is 23.5. The van der Waals surface area contributed by atoms with Gasteiger partial charge in [0.1, 0.15) is 17.3 Å². The Hall–Kier alpha value is -2.56. The minimum absolute atomic E-state index is 0.197. The molecular weight excluding hydrogens is 297 g/mol. The van der Waals surface area contributed by atoms with Crippen molar-refractivity contribution < 1.29 is 18.7 Å². The Morgan fingerprint density at radius 3 is 2.30 bits per heavy atom. The van der Waals surface area contributed by atoms with Crippen LogP contribution in [0.25, 0.3) is 0 Å². The Balaban J connectivity index is 2.30. The highest BCUT2D eigenvalue weighted by molar-refractivity contribution is 5.97. The predicted octanol–water partition coefficient (Wildman–Crippen LogP) is 3.68. The van der Waals surface area contributed by atoms with Crippen molar-refractivity contribution in [3.05, 3.63) is 59.4 Å². The van der Waals surface area contributed by atoms with Gasteiger partial charge in [-0.25, -0.2) is 4.39 Å². The highest BCUT2D eigenvalue weighted by Crippen LogP contribution is 2.28. The van der Waals surface area contributed by atoms with Crippen LogP contribution in [-0.4, -0.2) is 32.1 Å². The van der Waals surface area contributed by atoms with Gasteiger partial charge in [-0.15, -0.1) is 0 Å². The molecule has 0 saturated heterocycles. The smallest absolute Gasteiger partial charge is 0.258 e. The summed E-state index contributed by atoms with van der Waals surface area (Å²) >= 11 is 0. The number of hydrogen-bond acceptors (Lipinski definition) is 3.